The molecule has 2 aromatic carbocycles. The van der Waals surface area contributed by atoms with Gasteiger partial charge in [-0.15, -0.1) is 10.2 Å². The highest BCUT2D eigenvalue weighted by atomic mass is 32.2. The summed E-state index contributed by atoms with van der Waals surface area (Å²) in [6, 6.07) is 17.4. The van der Waals surface area contributed by atoms with Gasteiger partial charge in [-0.05, 0) is 31.2 Å². The molecule has 0 radical (unpaired) electrons. The van der Waals surface area contributed by atoms with Crippen LogP contribution in [-0.4, -0.2) is 40.2 Å². The summed E-state index contributed by atoms with van der Waals surface area (Å²) in [7, 11) is 1.62. The molecule has 0 aliphatic heterocycles. The van der Waals surface area contributed by atoms with Crippen LogP contribution in [0.1, 0.15) is 6.92 Å². The SMILES string of the molecule is CCOC(=O)CSc1nnc(-c2ccccc2OC)n1-c1ccccc1. The second-order valence-electron chi connectivity index (χ2n) is 5.27. The maximum atomic E-state index is 11.7. The maximum absolute atomic E-state index is 11.7. The van der Waals surface area contributed by atoms with Gasteiger partial charge in [0.05, 0.1) is 25.0 Å². The van der Waals surface area contributed by atoms with E-state index in [0.717, 1.165) is 11.3 Å². The molecule has 0 saturated heterocycles. The van der Waals surface area contributed by atoms with Gasteiger partial charge in [-0.25, -0.2) is 0 Å². The fraction of sp³-hybridized carbons (Fsp3) is 0.211. The Balaban J connectivity index is 2.04. The van der Waals surface area contributed by atoms with E-state index < -0.39 is 0 Å². The predicted molar refractivity (Wildman–Crippen MR) is 101 cm³/mol. The van der Waals surface area contributed by atoms with E-state index in [1.54, 1.807) is 14.0 Å². The molecule has 0 bridgehead atoms. The van der Waals surface area contributed by atoms with Gasteiger partial charge < -0.3 is 9.47 Å². The van der Waals surface area contributed by atoms with E-state index >= 15 is 0 Å². The Morgan fingerprint density at radius 3 is 2.54 bits per heavy atom. The van der Waals surface area contributed by atoms with E-state index in [9.17, 15) is 4.79 Å². The zero-order valence-corrected chi connectivity index (χ0v) is 15.4. The van der Waals surface area contributed by atoms with Crippen molar-refractivity contribution in [2.75, 3.05) is 19.5 Å². The average molecular weight is 369 g/mol. The molecule has 26 heavy (non-hydrogen) atoms. The number of hydrogen-bond acceptors (Lipinski definition) is 6. The molecule has 0 fully saturated rings. The Bertz CT molecular complexity index is 881. The van der Waals surface area contributed by atoms with Gasteiger partial charge >= 0.3 is 5.97 Å². The summed E-state index contributed by atoms with van der Waals surface area (Å²) in [6.07, 6.45) is 0. The van der Waals surface area contributed by atoms with Crippen molar-refractivity contribution in [3.8, 4) is 22.8 Å². The number of benzene rings is 2. The highest BCUT2D eigenvalue weighted by Gasteiger charge is 2.19. The number of hydrogen-bond donors (Lipinski definition) is 0. The molecule has 1 heterocycles. The fourth-order valence-electron chi connectivity index (χ4n) is 2.50. The van der Waals surface area contributed by atoms with Gasteiger partial charge in [0.25, 0.3) is 0 Å². The quantitative estimate of drug-likeness (QED) is 0.468. The summed E-state index contributed by atoms with van der Waals surface area (Å²) < 4.78 is 12.4. The summed E-state index contributed by atoms with van der Waals surface area (Å²) >= 11 is 1.29. The lowest BCUT2D eigenvalue weighted by Gasteiger charge is -2.12. The number of thioether (sulfide) groups is 1. The third kappa shape index (κ3) is 3.88. The van der Waals surface area contributed by atoms with Gasteiger partial charge in [-0.2, -0.15) is 0 Å². The van der Waals surface area contributed by atoms with Crippen LogP contribution < -0.4 is 4.74 Å². The number of esters is 1. The normalized spacial score (nSPS) is 10.5. The van der Waals surface area contributed by atoms with E-state index in [2.05, 4.69) is 10.2 Å². The van der Waals surface area contributed by atoms with Crippen molar-refractivity contribution >= 4 is 17.7 Å². The number of methoxy groups -OCH3 is 1. The number of rotatable bonds is 7. The number of ether oxygens (including phenoxy) is 2. The smallest absolute Gasteiger partial charge is 0.316 e. The molecule has 0 unspecified atom stereocenters. The second kappa shape index (κ2) is 8.53. The lowest BCUT2D eigenvalue weighted by atomic mass is 10.2. The lowest BCUT2D eigenvalue weighted by Crippen LogP contribution is -2.08. The topological polar surface area (TPSA) is 66.2 Å². The molecule has 0 atom stereocenters. The molecule has 7 heteroatoms. The first-order valence-corrected chi connectivity index (χ1v) is 9.15. The highest BCUT2D eigenvalue weighted by molar-refractivity contribution is 7.99. The van der Waals surface area contributed by atoms with Crippen LogP contribution in [0.4, 0.5) is 0 Å². The molecule has 0 saturated carbocycles. The van der Waals surface area contributed by atoms with Crippen molar-refractivity contribution in [3.63, 3.8) is 0 Å². The summed E-state index contributed by atoms with van der Waals surface area (Å²) in [5.41, 5.74) is 1.74. The van der Waals surface area contributed by atoms with Crippen LogP contribution in [0.25, 0.3) is 17.1 Å². The lowest BCUT2D eigenvalue weighted by molar-refractivity contribution is -0.139. The molecule has 1 aromatic heterocycles. The molecule has 0 N–H and O–H groups in total. The van der Waals surface area contributed by atoms with Crippen LogP contribution in [-0.2, 0) is 9.53 Å². The van der Waals surface area contributed by atoms with Gasteiger partial charge in [0.1, 0.15) is 5.75 Å². The molecule has 0 aliphatic carbocycles. The number of nitrogens with zero attached hydrogens (tertiary/aromatic N) is 3. The molecule has 6 nitrogen and oxygen atoms in total. The van der Waals surface area contributed by atoms with Crippen molar-refractivity contribution in [2.45, 2.75) is 12.1 Å². The van der Waals surface area contributed by atoms with Crippen LogP contribution >= 0.6 is 11.8 Å². The van der Waals surface area contributed by atoms with Gasteiger partial charge in [0.2, 0.25) is 0 Å². The minimum absolute atomic E-state index is 0.171. The molecule has 0 aliphatic rings. The van der Waals surface area contributed by atoms with E-state index in [1.807, 2.05) is 59.2 Å². The number of para-hydroxylation sites is 2. The summed E-state index contributed by atoms with van der Waals surface area (Å²) in [5, 5.41) is 9.26. The van der Waals surface area contributed by atoms with Crippen LogP contribution in [0.5, 0.6) is 5.75 Å². The van der Waals surface area contributed by atoms with Crippen LogP contribution in [0.15, 0.2) is 59.8 Å². The minimum atomic E-state index is -0.279. The van der Waals surface area contributed by atoms with Gasteiger partial charge in [0.15, 0.2) is 11.0 Å². The molecular formula is C19H19N3O3S. The average Bonchev–Trinajstić information content (AvgIpc) is 3.11. The van der Waals surface area contributed by atoms with E-state index in [-0.39, 0.29) is 11.7 Å². The zero-order chi connectivity index (χ0) is 18.4. The molecular weight excluding hydrogens is 350 g/mol. The number of carbonyl (C=O) groups is 1. The molecule has 0 spiro atoms. The summed E-state index contributed by atoms with van der Waals surface area (Å²) in [6.45, 7) is 2.14. The van der Waals surface area contributed by atoms with Gasteiger partial charge in [-0.3, -0.25) is 9.36 Å². The highest BCUT2D eigenvalue weighted by Crippen LogP contribution is 2.33. The largest absolute Gasteiger partial charge is 0.496 e. The summed E-state index contributed by atoms with van der Waals surface area (Å²) in [5.74, 6) is 1.25. The van der Waals surface area contributed by atoms with E-state index in [1.165, 1.54) is 11.8 Å². The number of carbonyl (C=O) groups excluding carboxylic acids is 1. The summed E-state index contributed by atoms with van der Waals surface area (Å²) in [4.78, 5) is 11.7. The van der Waals surface area contributed by atoms with Gasteiger partial charge in [-0.1, -0.05) is 42.1 Å². The molecule has 0 amide bonds. The second-order valence-corrected chi connectivity index (χ2v) is 6.21. The number of aromatic nitrogens is 3. The first-order valence-electron chi connectivity index (χ1n) is 8.17. The Kier molecular flexibility index (Phi) is 5.91. The third-order valence-electron chi connectivity index (χ3n) is 3.62. The Morgan fingerprint density at radius 2 is 1.81 bits per heavy atom. The van der Waals surface area contributed by atoms with E-state index in [0.29, 0.717) is 23.3 Å². The van der Waals surface area contributed by atoms with Crippen LogP contribution in [0.2, 0.25) is 0 Å². The Hall–Kier alpha value is -2.80. The Labute approximate surface area is 156 Å². The zero-order valence-electron chi connectivity index (χ0n) is 14.6. The third-order valence-corrected chi connectivity index (χ3v) is 4.52. The predicted octanol–water partition coefficient (Wildman–Crippen LogP) is 3.60. The monoisotopic (exact) mass is 369 g/mol. The van der Waals surface area contributed by atoms with Crippen molar-refractivity contribution in [2.24, 2.45) is 0 Å². The fourth-order valence-corrected chi connectivity index (χ4v) is 3.25. The van der Waals surface area contributed by atoms with Crippen molar-refractivity contribution in [3.05, 3.63) is 54.6 Å². The molecule has 3 aromatic rings. The molecule has 134 valence electrons. The standard InChI is InChI=1S/C19H19N3O3S/c1-3-25-17(23)13-26-19-21-20-18(15-11-7-8-12-16(15)24-2)22(19)14-9-5-4-6-10-14/h4-12H,3,13H2,1-2H3. The minimum Gasteiger partial charge on any atom is -0.496 e. The molecule has 3 rings (SSSR count). The first kappa shape index (κ1) is 18.0. The van der Waals surface area contributed by atoms with Crippen molar-refractivity contribution in [1.82, 2.24) is 14.8 Å². The first-order chi connectivity index (χ1) is 12.7. The van der Waals surface area contributed by atoms with Crippen LogP contribution in [0, 0.1) is 0 Å². The Morgan fingerprint density at radius 1 is 1.08 bits per heavy atom. The van der Waals surface area contributed by atoms with Crippen molar-refractivity contribution in [1.29, 1.82) is 0 Å². The van der Waals surface area contributed by atoms with Crippen molar-refractivity contribution < 1.29 is 14.3 Å². The maximum Gasteiger partial charge on any atom is 0.316 e. The van der Waals surface area contributed by atoms with E-state index in [4.69, 9.17) is 9.47 Å². The van der Waals surface area contributed by atoms with Crippen LogP contribution in [0.3, 0.4) is 0 Å². The van der Waals surface area contributed by atoms with Gasteiger partial charge in [0, 0.05) is 5.69 Å².